The second-order valence-corrected chi connectivity index (χ2v) is 5.70. The molecule has 4 nitrogen and oxygen atoms in total. The summed E-state index contributed by atoms with van der Waals surface area (Å²) in [6.45, 7) is 0.513. The Balaban J connectivity index is 2.02. The molecule has 1 unspecified atom stereocenters. The zero-order valence-electron chi connectivity index (χ0n) is 10.8. The minimum absolute atomic E-state index is 0.0451. The van der Waals surface area contributed by atoms with Crippen LogP contribution in [-0.4, -0.2) is 23.5 Å². The van der Waals surface area contributed by atoms with Crippen molar-refractivity contribution in [2.24, 2.45) is 5.73 Å². The third kappa shape index (κ3) is 2.34. The first-order valence-corrected chi connectivity index (χ1v) is 7.22. The standard InChI is InChI=1S/C15H14BrN3O/c16-12-5-3-7-18-14(12)15(20)19-9-11(17)8-10-4-1-2-6-13(10)19/h1-7,11H,8-9,17H2. The van der Waals surface area contributed by atoms with Gasteiger partial charge in [-0.3, -0.25) is 4.79 Å². The highest BCUT2D eigenvalue weighted by Gasteiger charge is 2.28. The van der Waals surface area contributed by atoms with Crippen molar-refractivity contribution in [3.63, 3.8) is 0 Å². The third-order valence-corrected chi connectivity index (χ3v) is 4.03. The van der Waals surface area contributed by atoms with Gasteiger partial charge < -0.3 is 10.6 Å². The van der Waals surface area contributed by atoms with Crippen LogP contribution in [0.2, 0.25) is 0 Å². The summed E-state index contributed by atoms with van der Waals surface area (Å²) in [6, 6.07) is 11.4. The van der Waals surface area contributed by atoms with Gasteiger partial charge in [0.15, 0.2) is 0 Å². The number of hydrogen-bond acceptors (Lipinski definition) is 3. The molecule has 1 aromatic carbocycles. The van der Waals surface area contributed by atoms with E-state index in [1.807, 2.05) is 30.3 Å². The molecule has 3 rings (SSSR count). The molecule has 2 aromatic rings. The van der Waals surface area contributed by atoms with E-state index in [0.29, 0.717) is 16.7 Å². The van der Waals surface area contributed by atoms with Crippen LogP contribution in [0.3, 0.4) is 0 Å². The van der Waals surface area contributed by atoms with Crippen molar-refractivity contribution >= 4 is 27.5 Å². The van der Waals surface area contributed by atoms with E-state index in [4.69, 9.17) is 5.73 Å². The van der Waals surface area contributed by atoms with Gasteiger partial charge in [0.2, 0.25) is 0 Å². The highest BCUT2D eigenvalue weighted by molar-refractivity contribution is 9.10. The van der Waals surface area contributed by atoms with Crippen molar-refractivity contribution in [3.8, 4) is 0 Å². The molecule has 5 heteroatoms. The molecule has 1 aliphatic heterocycles. The Labute approximate surface area is 125 Å². The zero-order chi connectivity index (χ0) is 14.1. The van der Waals surface area contributed by atoms with Gasteiger partial charge in [-0.25, -0.2) is 4.98 Å². The molecule has 1 atom stereocenters. The molecule has 20 heavy (non-hydrogen) atoms. The maximum Gasteiger partial charge on any atom is 0.278 e. The number of fused-ring (bicyclic) bond motifs is 1. The maximum atomic E-state index is 12.7. The van der Waals surface area contributed by atoms with Gasteiger partial charge in [0, 0.05) is 28.9 Å². The fraction of sp³-hybridized carbons (Fsp3) is 0.200. The van der Waals surface area contributed by atoms with E-state index in [0.717, 1.165) is 17.7 Å². The molecule has 0 aliphatic carbocycles. The highest BCUT2D eigenvalue weighted by Crippen LogP contribution is 2.28. The summed E-state index contributed by atoms with van der Waals surface area (Å²) >= 11 is 3.38. The number of halogens is 1. The largest absolute Gasteiger partial charge is 0.326 e. The molecule has 0 saturated carbocycles. The summed E-state index contributed by atoms with van der Waals surface area (Å²) < 4.78 is 0.696. The normalized spacial score (nSPS) is 17.7. The SMILES string of the molecule is NC1Cc2ccccc2N(C(=O)c2ncccc2Br)C1. The predicted octanol–water partition coefficient (Wildman–Crippen LogP) is 2.37. The number of benzene rings is 1. The molecule has 0 saturated heterocycles. The lowest BCUT2D eigenvalue weighted by molar-refractivity contribution is 0.0978. The molecule has 0 spiro atoms. The van der Waals surface area contributed by atoms with E-state index in [1.54, 1.807) is 17.2 Å². The number of para-hydroxylation sites is 1. The van der Waals surface area contributed by atoms with Crippen LogP contribution in [0.15, 0.2) is 47.1 Å². The van der Waals surface area contributed by atoms with Crippen molar-refractivity contribution in [2.75, 3.05) is 11.4 Å². The number of anilines is 1. The number of nitrogens with two attached hydrogens (primary N) is 1. The van der Waals surface area contributed by atoms with Gasteiger partial charge in [-0.1, -0.05) is 18.2 Å². The van der Waals surface area contributed by atoms with Crippen molar-refractivity contribution in [3.05, 3.63) is 58.3 Å². The monoisotopic (exact) mass is 331 g/mol. The number of carbonyl (C=O) groups is 1. The number of pyridine rings is 1. The van der Waals surface area contributed by atoms with E-state index >= 15 is 0 Å². The lowest BCUT2D eigenvalue weighted by Gasteiger charge is -2.32. The molecular weight excluding hydrogens is 318 g/mol. The minimum atomic E-state index is -0.125. The van der Waals surface area contributed by atoms with Crippen LogP contribution >= 0.6 is 15.9 Å². The average molecular weight is 332 g/mol. The number of amides is 1. The number of hydrogen-bond donors (Lipinski definition) is 1. The lowest BCUT2D eigenvalue weighted by Crippen LogP contribution is -2.46. The summed E-state index contributed by atoms with van der Waals surface area (Å²) in [5, 5.41) is 0. The summed E-state index contributed by atoms with van der Waals surface area (Å²) in [5.41, 5.74) is 8.51. The van der Waals surface area contributed by atoms with Gasteiger partial charge in [0.25, 0.3) is 5.91 Å². The van der Waals surface area contributed by atoms with Gasteiger partial charge in [0.1, 0.15) is 5.69 Å². The van der Waals surface area contributed by atoms with Gasteiger partial charge in [-0.05, 0) is 46.1 Å². The number of aromatic nitrogens is 1. The Kier molecular flexibility index (Phi) is 3.54. The van der Waals surface area contributed by atoms with Crippen LogP contribution in [0, 0.1) is 0 Å². The second kappa shape index (κ2) is 5.34. The smallest absolute Gasteiger partial charge is 0.278 e. The fourth-order valence-corrected chi connectivity index (χ4v) is 2.91. The molecule has 1 aliphatic rings. The Morgan fingerprint density at radius 3 is 2.90 bits per heavy atom. The van der Waals surface area contributed by atoms with E-state index in [9.17, 15) is 4.79 Å². The van der Waals surface area contributed by atoms with Crippen molar-refractivity contribution in [1.82, 2.24) is 4.98 Å². The Hall–Kier alpha value is -1.72. The number of nitrogens with zero attached hydrogens (tertiary/aromatic N) is 2. The Morgan fingerprint density at radius 1 is 1.30 bits per heavy atom. The van der Waals surface area contributed by atoms with Crippen LogP contribution in [0.25, 0.3) is 0 Å². The number of carbonyl (C=O) groups excluding carboxylic acids is 1. The molecule has 1 amide bonds. The summed E-state index contributed by atoms with van der Waals surface area (Å²) in [5.74, 6) is -0.125. The minimum Gasteiger partial charge on any atom is -0.326 e. The van der Waals surface area contributed by atoms with Gasteiger partial charge in [0.05, 0.1) is 0 Å². The van der Waals surface area contributed by atoms with E-state index in [2.05, 4.69) is 20.9 Å². The topological polar surface area (TPSA) is 59.2 Å². The molecule has 1 aromatic heterocycles. The predicted molar refractivity (Wildman–Crippen MR) is 81.7 cm³/mol. The van der Waals surface area contributed by atoms with E-state index in [1.165, 1.54) is 0 Å². The second-order valence-electron chi connectivity index (χ2n) is 4.84. The first-order chi connectivity index (χ1) is 9.66. The lowest BCUT2D eigenvalue weighted by atomic mass is 9.98. The first kappa shape index (κ1) is 13.3. The van der Waals surface area contributed by atoms with Gasteiger partial charge in [-0.2, -0.15) is 0 Å². The van der Waals surface area contributed by atoms with Crippen LogP contribution in [0.5, 0.6) is 0 Å². The van der Waals surface area contributed by atoms with Crippen LogP contribution < -0.4 is 10.6 Å². The van der Waals surface area contributed by atoms with Crippen LogP contribution in [0.4, 0.5) is 5.69 Å². The van der Waals surface area contributed by atoms with Crippen molar-refractivity contribution < 1.29 is 4.79 Å². The molecular formula is C15H14BrN3O. The maximum absolute atomic E-state index is 12.7. The van der Waals surface area contributed by atoms with E-state index in [-0.39, 0.29) is 11.9 Å². The Morgan fingerprint density at radius 2 is 2.10 bits per heavy atom. The first-order valence-electron chi connectivity index (χ1n) is 6.42. The zero-order valence-corrected chi connectivity index (χ0v) is 12.4. The third-order valence-electron chi connectivity index (χ3n) is 3.39. The molecule has 2 N–H and O–H groups in total. The molecule has 2 heterocycles. The fourth-order valence-electron chi connectivity index (χ4n) is 2.49. The molecule has 0 fully saturated rings. The van der Waals surface area contributed by atoms with E-state index < -0.39 is 0 Å². The summed E-state index contributed by atoms with van der Waals surface area (Å²) in [4.78, 5) is 18.6. The Bertz CT molecular complexity index is 659. The van der Waals surface area contributed by atoms with Gasteiger partial charge >= 0.3 is 0 Å². The average Bonchev–Trinajstić information content (AvgIpc) is 2.46. The van der Waals surface area contributed by atoms with Gasteiger partial charge in [-0.15, -0.1) is 0 Å². The summed E-state index contributed by atoms with van der Waals surface area (Å²) in [7, 11) is 0. The summed E-state index contributed by atoms with van der Waals surface area (Å²) in [6.07, 6.45) is 2.41. The van der Waals surface area contributed by atoms with Crippen LogP contribution in [-0.2, 0) is 6.42 Å². The molecule has 0 bridgehead atoms. The highest BCUT2D eigenvalue weighted by atomic mass is 79.9. The van der Waals surface area contributed by atoms with Crippen molar-refractivity contribution in [1.29, 1.82) is 0 Å². The van der Waals surface area contributed by atoms with Crippen molar-refractivity contribution in [2.45, 2.75) is 12.5 Å². The quantitative estimate of drug-likeness (QED) is 0.872. The van der Waals surface area contributed by atoms with Crippen LogP contribution in [0.1, 0.15) is 16.1 Å². The molecule has 102 valence electrons. The number of rotatable bonds is 1. The molecule has 0 radical (unpaired) electrons.